The van der Waals surface area contributed by atoms with Crippen molar-refractivity contribution in [2.45, 2.75) is 16.6 Å². The van der Waals surface area contributed by atoms with Crippen LogP contribution in [-0.2, 0) is 4.79 Å². The molecule has 0 saturated carbocycles. The Morgan fingerprint density at radius 2 is 1.50 bits per heavy atom. The highest BCUT2D eigenvalue weighted by Gasteiger charge is 2.17. The molecular weight excluding hydrogens is 446 g/mol. The Morgan fingerprint density at radius 3 is 2.15 bits per heavy atom. The fourth-order valence-corrected chi connectivity index (χ4v) is 4.47. The van der Waals surface area contributed by atoms with Crippen LogP contribution in [0.4, 0.5) is 17.2 Å². The van der Waals surface area contributed by atoms with Gasteiger partial charge in [0.1, 0.15) is 5.82 Å². The summed E-state index contributed by atoms with van der Waals surface area (Å²) >= 11 is 1.49. The summed E-state index contributed by atoms with van der Waals surface area (Å²) in [6.45, 7) is 0. The Balaban J connectivity index is 1.37. The number of amides is 1. The van der Waals surface area contributed by atoms with Crippen LogP contribution in [0, 0.1) is 0 Å². The van der Waals surface area contributed by atoms with E-state index in [2.05, 4.69) is 15.6 Å². The lowest BCUT2D eigenvalue weighted by molar-refractivity contribution is -0.137. The molecule has 6 nitrogen and oxygen atoms in total. The average Bonchev–Trinajstić information content (AvgIpc) is 2.86. The quantitative estimate of drug-likeness (QED) is 0.246. The number of carboxylic acid groups (broad SMARTS) is 1. The number of nitrogens with one attached hydrogen (secondary N) is 2. The van der Waals surface area contributed by atoms with Crippen molar-refractivity contribution in [1.82, 2.24) is 4.98 Å². The number of carbonyl (C=O) groups is 2. The van der Waals surface area contributed by atoms with E-state index in [0.29, 0.717) is 11.3 Å². The minimum atomic E-state index is -0.841. The van der Waals surface area contributed by atoms with Crippen LogP contribution in [0.5, 0.6) is 0 Å². The molecule has 3 N–H and O–H groups in total. The molecule has 0 aliphatic carbocycles. The van der Waals surface area contributed by atoms with Crippen molar-refractivity contribution in [2.24, 2.45) is 0 Å². The van der Waals surface area contributed by atoms with Gasteiger partial charge in [0.2, 0.25) is 0 Å². The van der Waals surface area contributed by atoms with Gasteiger partial charge >= 0.3 is 5.97 Å². The predicted octanol–water partition coefficient (Wildman–Crippen LogP) is 6.39. The van der Waals surface area contributed by atoms with Crippen LogP contribution in [-0.4, -0.2) is 22.0 Å². The van der Waals surface area contributed by atoms with Crippen molar-refractivity contribution in [2.75, 3.05) is 10.6 Å². The lowest BCUT2D eigenvalue weighted by Crippen LogP contribution is -2.11. The zero-order chi connectivity index (χ0) is 23.8. The fourth-order valence-electron chi connectivity index (χ4n) is 3.33. The summed E-state index contributed by atoms with van der Waals surface area (Å²) in [7, 11) is 0. The second kappa shape index (κ2) is 11.2. The van der Waals surface area contributed by atoms with Crippen LogP contribution in [0.15, 0.2) is 108 Å². The van der Waals surface area contributed by atoms with Crippen molar-refractivity contribution < 1.29 is 14.7 Å². The van der Waals surface area contributed by atoms with Gasteiger partial charge in [-0.05, 0) is 66.2 Å². The summed E-state index contributed by atoms with van der Waals surface area (Å²) in [4.78, 5) is 29.1. The molecule has 0 spiro atoms. The molecule has 1 unspecified atom stereocenters. The number of nitrogens with zero attached hydrogens (tertiary/aromatic N) is 1. The molecule has 34 heavy (non-hydrogen) atoms. The molecule has 4 rings (SSSR count). The molecule has 1 aromatic heterocycles. The van der Waals surface area contributed by atoms with Crippen LogP contribution >= 0.6 is 11.8 Å². The van der Waals surface area contributed by atoms with Gasteiger partial charge in [0, 0.05) is 33.3 Å². The number of carboxylic acids is 1. The van der Waals surface area contributed by atoms with E-state index in [4.69, 9.17) is 0 Å². The zero-order valence-corrected chi connectivity index (χ0v) is 19.0. The summed E-state index contributed by atoms with van der Waals surface area (Å²) < 4.78 is 0. The van der Waals surface area contributed by atoms with Crippen molar-refractivity contribution >= 4 is 40.8 Å². The maximum absolute atomic E-state index is 12.6. The smallest absolute Gasteiger partial charge is 0.304 e. The average molecular weight is 470 g/mol. The summed E-state index contributed by atoms with van der Waals surface area (Å²) in [6, 6.07) is 29.8. The van der Waals surface area contributed by atoms with Crippen molar-refractivity contribution in [3.63, 3.8) is 0 Å². The van der Waals surface area contributed by atoms with Crippen molar-refractivity contribution in [1.29, 1.82) is 0 Å². The number of pyridine rings is 1. The first-order chi connectivity index (χ1) is 16.6. The molecule has 0 bridgehead atoms. The lowest BCUT2D eigenvalue weighted by Gasteiger charge is -2.15. The molecule has 1 atom stereocenters. The topological polar surface area (TPSA) is 91.3 Å². The molecule has 170 valence electrons. The molecule has 7 heteroatoms. The van der Waals surface area contributed by atoms with Gasteiger partial charge in [0.05, 0.1) is 6.42 Å². The normalized spacial score (nSPS) is 11.4. The van der Waals surface area contributed by atoms with Gasteiger partial charge < -0.3 is 15.7 Å². The number of carbonyl (C=O) groups excluding carboxylic acids is 1. The zero-order valence-electron chi connectivity index (χ0n) is 18.2. The first-order valence-corrected chi connectivity index (χ1v) is 11.6. The Hall–Kier alpha value is -4.10. The highest BCUT2D eigenvalue weighted by atomic mass is 32.2. The van der Waals surface area contributed by atoms with Crippen molar-refractivity contribution in [3.05, 3.63) is 114 Å². The molecule has 0 saturated heterocycles. The molecule has 0 fully saturated rings. The second-order valence-corrected chi connectivity index (χ2v) is 8.79. The largest absolute Gasteiger partial charge is 0.481 e. The van der Waals surface area contributed by atoms with E-state index >= 15 is 0 Å². The summed E-state index contributed by atoms with van der Waals surface area (Å²) in [6.07, 6.45) is 1.74. The number of benzene rings is 3. The van der Waals surface area contributed by atoms with Gasteiger partial charge in [-0.2, -0.15) is 0 Å². The van der Waals surface area contributed by atoms with E-state index in [0.717, 1.165) is 22.0 Å². The number of aliphatic carboxylic acids is 1. The Labute approximate surface area is 202 Å². The third kappa shape index (κ3) is 6.46. The van der Waals surface area contributed by atoms with E-state index in [9.17, 15) is 14.7 Å². The third-order valence-corrected chi connectivity index (χ3v) is 6.27. The molecular formula is C27H23N3O3S. The van der Waals surface area contributed by atoms with Crippen LogP contribution in [0.1, 0.15) is 27.6 Å². The van der Waals surface area contributed by atoms with Gasteiger partial charge in [-0.3, -0.25) is 9.59 Å². The molecule has 0 radical (unpaired) electrons. The highest BCUT2D eigenvalue weighted by Crippen LogP contribution is 2.38. The number of thioether (sulfide) groups is 1. The maximum atomic E-state index is 12.6. The van der Waals surface area contributed by atoms with Gasteiger partial charge in [-0.25, -0.2) is 4.98 Å². The van der Waals surface area contributed by atoms with Crippen LogP contribution in [0.3, 0.4) is 0 Å². The first kappa shape index (κ1) is 23.1. The molecule has 0 aliphatic heterocycles. The standard InChI is InChI=1S/C27H23N3O3S/c31-26(32)18-24(19-6-2-1-3-7-19)34-23-15-13-22(14-16-23)30-27(33)20-9-11-21(12-10-20)29-25-8-4-5-17-28-25/h1-17,24H,18H2,(H,28,29)(H,30,33)(H,31,32). The van der Waals surface area contributed by atoms with Crippen LogP contribution in [0.2, 0.25) is 0 Å². The number of hydrogen-bond donors (Lipinski definition) is 3. The van der Waals surface area contributed by atoms with Crippen LogP contribution < -0.4 is 10.6 Å². The number of rotatable bonds is 9. The summed E-state index contributed by atoms with van der Waals surface area (Å²) in [5, 5.41) is 15.2. The first-order valence-electron chi connectivity index (χ1n) is 10.7. The lowest BCUT2D eigenvalue weighted by atomic mass is 10.1. The Kier molecular flexibility index (Phi) is 7.57. The van der Waals surface area contributed by atoms with Gasteiger partial charge in [-0.1, -0.05) is 36.4 Å². The van der Waals surface area contributed by atoms with E-state index in [-0.39, 0.29) is 17.6 Å². The van der Waals surface area contributed by atoms with Crippen LogP contribution in [0.25, 0.3) is 0 Å². The molecule has 3 aromatic carbocycles. The summed E-state index contributed by atoms with van der Waals surface area (Å²) in [5.41, 5.74) is 3.01. The molecule has 4 aromatic rings. The molecule has 1 heterocycles. The monoisotopic (exact) mass is 469 g/mol. The number of hydrogen-bond acceptors (Lipinski definition) is 5. The summed E-state index contributed by atoms with van der Waals surface area (Å²) in [5.74, 6) is -0.320. The number of aromatic nitrogens is 1. The molecule has 0 aliphatic rings. The van der Waals surface area contributed by atoms with E-state index in [1.807, 2.05) is 84.9 Å². The fraction of sp³-hybridized carbons (Fsp3) is 0.0741. The van der Waals surface area contributed by atoms with Gasteiger partial charge in [-0.15, -0.1) is 11.8 Å². The van der Waals surface area contributed by atoms with Crippen molar-refractivity contribution in [3.8, 4) is 0 Å². The minimum absolute atomic E-state index is 0.0261. The van der Waals surface area contributed by atoms with Gasteiger partial charge in [0.15, 0.2) is 0 Å². The van der Waals surface area contributed by atoms with E-state index in [1.54, 1.807) is 18.3 Å². The SMILES string of the molecule is O=C(O)CC(Sc1ccc(NC(=O)c2ccc(Nc3ccccn3)cc2)cc1)c1ccccc1. The second-order valence-electron chi connectivity index (χ2n) is 7.51. The third-order valence-electron chi connectivity index (χ3n) is 5.01. The Bertz CT molecular complexity index is 1230. The Morgan fingerprint density at radius 1 is 0.824 bits per heavy atom. The van der Waals surface area contributed by atoms with Gasteiger partial charge in [0.25, 0.3) is 5.91 Å². The maximum Gasteiger partial charge on any atom is 0.304 e. The van der Waals surface area contributed by atoms with E-state index < -0.39 is 5.97 Å². The minimum Gasteiger partial charge on any atom is -0.481 e. The van der Waals surface area contributed by atoms with E-state index in [1.165, 1.54) is 11.8 Å². The number of anilines is 3. The predicted molar refractivity (Wildman–Crippen MR) is 136 cm³/mol. The molecule has 1 amide bonds. The highest BCUT2D eigenvalue weighted by molar-refractivity contribution is 7.99.